The van der Waals surface area contributed by atoms with Gasteiger partial charge in [0.05, 0.1) is 17.6 Å². The summed E-state index contributed by atoms with van der Waals surface area (Å²) in [6.45, 7) is -0.962. The van der Waals surface area contributed by atoms with E-state index in [1.54, 1.807) is 25.2 Å². The van der Waals surface area contributed by atoms with Crippen molar-refractivity contribution in [3.8, 4) is 23.1 Å². The van der Waals surface area contributed by atoms with Crippen LogP contribution in [-0.2, 0) is 4.79 Å². The summed E-state index contributed by atoms with van der Waals surface area (Å²) in [5.41, 5.74) is 4.08. The van der Waals surface area contributed by atoms with Gasteiger partial charge in [-0.25, -0.2) is 9.97 Å². The number of carbonyl (C=O) groups excluding carboxylic acids is 2. The number of nitrogens with two attached hydrogens (primary N) is 1. The van der Waals surface area contributed by atoms with Crippen LogP contribution in [0.3, 0.4) is 0 Å². The fraction of sp³-hybridized carbons (Fsp3) is 0.300. The van der Waals surface area contributed by atoms with Gasteiger partial charge in [-0.05, 0) is 12.1 Å². The smallest absolute Gasteiger partial charge is 0.373 e. The van der Waals surface area contributed by atoms with Crippen molar-refractivity contribution in [2.75, 3.05) is 25.5 Å². The first kappa shape index (κ1) is 22.0. The Hall–Kier alpha value is -3.65. The number of rotatable bonds is 4. The number of nitrogens with one attached hydrogen (secondary N) is 1. The topological polar surface area (TPSA) is 121 Å². The number of anilines is 1. The second kappa shape index (κ2) is 8.23. The predicted octanol–water partition coefficient (Wildman–Crippen LogP) is 1.16. The largest absolute Gasteiger partial charge is 0.405 e. The summed E-state index contributed by atoms with van der Waals surface area (Å²) in [5, 5.41) is 12.6. The van der Waals surface area contributed by atoms with E-state index in [0.717, 1.165) is 6.20 Å². The molecule has 4 N–H and O–H groups in total. The van der Waals surface area contributed by atoms with E-state index in [1.165, 1.54) is 11.0 Å². The number of likely N-dealkylation sites (N-methyl/N-ethyl adjacent to an activating group) is 1. The SMILES string of the molecule is CN1CCC(O)(C#Cc2cccc(-c3nc(C(N)=O)ncc3NCC(F)(F)F)c2)C1=O. The number of nitrogens with zero attached hydrogens (tertiary/aromatic N) is 3. The van der Waals surface area contributed by atoms with Gasteiger partial charge in [-0.1, -0.05) is 24.0 Å². The van der Waals surface area contributed by atoms with Crippen molar-refractivity contribution in [3.05, 3.63) is 41.9 Å². The molecular weight excluding hydrogens is 415 g/mol. The van der Waals surface area contributed by atoms with Crippen molar-refractivity contribution in [1.29, 1.82) is 0 Å². The van der Waals surface area contributed by atoms with E-state index in [4.69, 9.17) is 5.73 Å². The minimum absolute atomic E-state index is 0.0205. The lowest BCUT2D eigenvalue weighted by atomic mass is 10.0. The van der Waals surface area contributed by atoms with E-state index in [-0.39, 0.29) is 23.6 Å². The van der Waals surface area contributed by atoms with Crippen molar-refractivity contribution in [1.82, 2.24) is 14.9 Å². The second-order valence-electron chi connectivity index (χ2n) is 6.96. The van der Waals surface area contributed by atoms with E-state index in [2.05, 4.69) is 27.1 Å². The minimum Gasteiger partial charge on any atom is -0.373 e. The van der Waals surface area contributed by atoms with Gasteiger partial charge in [0.25, 0.3) is 11.8 Å². The molecule has 2 amide bonds. The molecule has 31 heavy (non-hydrogen) atoms. The van der Waals surface area contributed by atoms with Gasteiger partial charge in [-0.15, -0.1) is 0 Å². The van der Waals surface area contributed by atoms with Crippen LogP contribution in [0.2, 0.25) is 0 Å². The molecule has 1 unspecified atom stereocenters. The molecule has 2 aromatic rings. The monoisotopic (exact) mass is 433 g/mol. The molecule has 1 aliphatic heterocycles. The zero-order chi connectivity index (χ0) is 22.8. The third-order valence-corrected chi connectivity index (χ3v) is 4.55. The van der Waals surface area contributed by atoms with Gasteiger partial charge in [0, 0.05) is 31.1 Å². The minimum atomic E-state index is -4.48. The molecule has 0 saturated carbocycles. The number of amides is 2. The summed E-state index contributed by atoms with van der Waals surface area (Å²) in [5.74, 6) is 3.48. The maximum atomic E-state index is 12.6. The third-order valence-electron chi connectivity index (χ3n) is 4.55. The van der Waals surface area contributed by atoms with Crippen LogP contribution in [0, 0.1) is 11.8 Å². The molecule has 1 aliphatic rings. The number of benzene rings is 1. The highest BCUT2D eigenvalue weighted by Gasteiger charge is 2.42. The zero-order valence-corrected chi connectivity index (χ0v) is 16.3. The first-order valence-electron chi connectivity index (χ1n) is 9.07. The molecule has 0 aliphatic carbocycles. The Morgan fingerprint density at radius 3 is 2.77 bits per heavy atom. The molecule has 0 bridgehead atoms. The van der Waals surface area contributed by atoms with Crippen LogP contribution in [0.4, 0.5) is 18.9 Å². The predicted molar refractivity (Wildman–Crippen MR) is 105 cm³/mol. The Morgan fingerprint density at radius 2 is 2.16 bits per heavy atom. The van der Waals surface area contributed by atoms with Crippen molar-refractivity contribution in [2.24, 2.45) is 5.73 Å². The molecule has 1 fully saturated rings. The van der Waals surface area contributed by atoms with Gasteiger partial charge >= 0.3 is 6.18 Å². The fourth-order valence-corrected chi connectivity index (χ4v) is 2.93. The number of hydrogen-bond donors (Lipinski definition) is 3. The number of likely N-dealkylation sites (tertiary alicyclic amines) is 1. The Labute approximate surface area is 175 Å². The number of hydrogen-bond acceptors (Lipinski definition) is 6. The molecule has 1 atom stereocenters. The number of carbonyl (C=O) groups is 2. The van der Waals surface area contributed by atoms with Gasteiger partial charge in [-0.2, -0.15) is 13.2 Å². The van der Waals surface area contributed by atoms with Gasteiger partial charge in [-0.3, -0.25) is 9.59 Å². The maximum absolute atomic E-state index is 12.6. The highest BCUT2D eigenvalue weighted by atomic mass is 19.4. The average Bonchev–Trinajstić information content (AvgIpc) is 2.98. The molecule has 1 aromatic heterocycles. The van der Waals surface area contributed by atoms with Crippen LogP contribution >= 0.6 is 0 Å². The molecule has 162 valence electrons. The summed E-state index contributed by atoms with van der Waals surface area (Å²) in [6, 6.07) is 6.24. The maximum Gasteiger partial charge on any atom is 0.405 e. The molecular formula is C20H18F3N5O3. The summed E-state index contributed by atoms with van der Waals surface area (Å²) < 4.78 is 37.9. The van der Waals surface area contributed by atoms with Crippen molar-refractivity contribution in [2.45, 2.75) is 18.2 Å². The van der Waals surface area contributed by atoms with E-state index >= 15 is 0 Å². The lowest BCUT2D eigenvalue weighted by Crippen LogP contribution is -2.37. The van der Waals surface area contributed by atoms with Crippen molar-refractivity contribution >= 4 is 17.5 Å². The Bertz CT molecular complexity index is 1090. The molecule has 1 aromatic carbocycles. The highest BCUT2D eigenvalue weighted by Crippen LogP contribution is 2.28. The average molecular weight is 433 g/mol. The van der Waals surface area contributed by atoms with Crippen LogP contribution in [0.15, 0.2) is 30.5 Å². The standard InChI is InChI=1S/C20H18F3N5O3/c1-28-8-7-19(31,18(28)30)6-5-12-3-2-4-13(9-12)15-14(26-11-20(21,22)23)10-25-17(27-15)16(24)29/h2-4,9-10,26,31H,7-8,11H2,1H3,(H2,24,29). The van der Waals surface area contributed by atoms with Gasteiger partial charge in [0.15, 0.2) is 0 Å². The normalized spacial score (nSPS) is 18.5. The van der Waals surface area contributed by atoms with Gasteiger partial charge < -0.3 is 21.1 Å². The number of alkyl halides is 3. The molecule has 8 nitrogen and oxygen atoms in total. The first-order chi connectivity index (χ1) is 14.5. The number of primary amides is 1. The Kier molecular flexibility index (Phi) is 5.85. The Morgan fingerprint density at radius 1 is 1.42 bits per heavy atom. The van der Waals surface area contributed by atoms with Crippen molar-refractivity contribution in [3.63, 3.8) is 0 Å². The number of aliphatic hydroxyl groups is 1. The fourth-order valence-electron chi connectivity index (χ4n) is 2.93. The number of aromatic nitrogens is 2. The number of halogens is 3. The zero-order valence-electron chi connectivity index (χ0n) is 16.3. The van der Waals surface area contributed by atoms with Crippen LogP contribution < -0.4 is 11.1 Å². The first-order valence-corrected chi connectivity index (χ1v) is 9.07. The molecule has 3 rings (SSSR count). The van der Waals surface area contributed by atoms with Gasteiger partial charge in [0.2, 0.25) is 11.4 Å². The molecule has 0 spiro atoms. The van der Waals surface area contributed by atoms with E-state index in [1.807, 2.05) is 0 Å². The van der Waals surface area contributed by atoms with Crippen molar-refractivity contribution < 1.29 is 27.9 Å². The van der Waals surface area contributed by atoms with E-state index < -0.39 is 30.1 Å². The Balaban J connectivity index is 1.98. The second-order valence-corrected chi connectivity index (χ2v) is 6.96. The molecule has 1 saturated heterocycles. The van der Waals surface area contributed by atoms with Gasteiger partial charge in [0.1, 0.15) is 6.54 Å². The quantitative estimate of drug-likeness (QED) is 0.623. The molecule has 0 radical (unpaired) electrons. The molecule has 11 heteroatoms. The summed E-state index contributed by atoms with van der Waals surface area (Å²) >= 11 is 0. The highest BCUT2D eigenvalue weighted by molar-refractivity contribution is 5.91. The van der Waals surface area contributed by atoms with Crippen LogP contribution in [0.5, 0.6) is 0 Å². The lowest BCUT2D eigenvalue weighted by Gasteiger charge is -2.14. The van der Waals surface area contributed by atoms with Crippen LogP contribution in [-0.4, -0.2) is 63.7 Å². The van der Waals surface area contributed by atoms with E-state index in [0.29, 0.717) is 17.7 Å². The van der Waals surface area contributed by atoms with Crippen LogP contribution in [0.1, 0.15) is 22.6 Å². The van der Waals surface area contributed by atoms with Crippen LogP contribution in [0.25, 0.3) is 11.3 Å². The third kappa shape index (κ3) is 5.10. The summed E-state index contributed by atoms with van der Waals surface area (Å²) in [7, 11) is 1.56. The van der Waals surface area contributed by atoms with E-state index in [9.17, 15) is 27.9 Å². The summed E-state index contributed by atoms with van der Waals surface area (Å²) in [4.78, 5) is 32.5. The summed E-state index contributed by atoms with van der Waals surface area (Å²) in [6.07, 6.45) is -3.28. The molecule has 2 heterocycles. The lowest BCUT2D eigenvalue weighted by molar-refractivity contribution is -0.137.